The van der Waals surface area contributed by atoms with Crippen LogP contribution in [-0.4, -0.2) is 12.0 Å². The lowest BCUT2D eigenvalue weighted by Gasteiger charge is -2.11. The van der Waals surface area contributed by atoms with Crippen molar-refractivity contribution in [3.63, 3.8) is 0 Å². The fourth-order valence-electron chi connectivity index (χ4n) is 1.43. The van der Waals surface area contributed by atoms with Gasteiger partial charge in [0.25, 0.3) is 0 Å². The average Bonchev–Trinajstić information content (AvgIpc) is 2.33. The largest absolute Gasteiger partial charge is 0.372 e. The van der Waals surface area contributed by atoms with Crippen molar-refractivity contribution in [2.24, 2.45) is 0 Å². The standard InChI is InChI=1S/C12H10BrCl2N3/c1-16-11-9(14)6-10(15)12(18-11)17-8-4-2-3-7(13)5-8/h2-6H,1H3,(H2,16,17,18). The van der Waals surface area contributed by atoms with Crippen LogP contribution in [0.5, 0.6) is 0 Å². The zero-order valence-corrected chi connectivity index (χ0v) is 12.6. The molecule has 0 saturated heterocycles. The molecule has 0 aliphatic rings. The van der Waals surface area contributed by atoms with Gasteiger partial charge in [0, 0.05) is 17.2 Å². The van der Waals surface area contributed by atoms with E-state index in [-0.39, 0.29) is 0 Å². The molecule has 0 aliphatic heterocycles. The highest BCUT2D eigenvalue weighted by Crippen LogP contribution is 2.31. The minimum atomic E-state index is 0.471. The molecule has 0 amide bonds. The monoisotopic (exact) mass is 345 g/mol. The molecule has 1 heterocycles. The molecule has 0 fully saturated rings. The molecule has 2 rings (SSSR count). The highest BCUT2D eigenvalue weighted by atomic mass is 79.9. The number of hydrogen-bond acceptors (Lipinski definition) is 3. The number of nitrogens with one attached hydrogen (secondary N) is 2. The summed E-state index contributed by atoms with van der Waals surface area (Å²) in [6.07, 6.45) is 0. The first-order valence-electron chi connectivity index (χ1n) is 5.16. The third kappa shape index (κ3) is 3.07. The fourth-order valence-corrected chi connectivity index (χ4v) is 2.33. The Bertz CT molecular complexity index is 575. The first-order valence-corrected chi connectivity index (χ1v) is 6.71. The Labute approximate surface area is 124 Å². The van der Waals surface area contributed by atoms with Crippen molar-refractivity contribution in [3.05, 3.63) is 44.8 Å². The van der Waals surface area contributed by atoms with Gasteiger partial charge in [-0.2, -0.15) is 0 Å². The highest BCUT2D eigenvalue weighted by Gasteiger charge is 2.08. The quantitative estimate of drug-likeness (QED) is 0.826. The molecule has 2 aromatic rings. The Balaban J connectivity index is 2.34. The van der Waals surface area contributed by atoms with Gasteiger partial charge in [-0.25, -0.2) is 4.98 Å². The Hall–Kier alpha value is -0.970. The number of halogens is 3. The minimum Gasteiger partial charge on any atom is -0.372 e. The summed E-state index contributed by atoms with van der Waals surface area (Å²) in [6.45, 7) is 0. The molecule has 1 aromatic heterocycles. The number of nitrogens with zero attached hydrogens (tertiary/aromatic N) is 1. The van der Waals surface area contributed by atoms with Gasteiger partial charge in [-0.1, -0.05) is 45.2 Å². The van der Waals surface area contributed by atoms with Crippen molar-refractivity contribution in [2.45, 2.75) is 0 Å². The van der Waals surface area contributed by atoms with Gasteiger partial charge in [0.15, 0.2) is 5.82 Å². The van der Waals surface area contributed by atoms with E-state index in [0.29, 0.717) is 21.7 Å². The van der Waals surface area contributed by atoms with E-state index in [1.165, 1.54) is 0 Å². The number of rotatable bonds is 3. The van der Waals surface area contributed by atoms with E-state index < -0.39 is 0 Å². The highest BCUT2D eigenvalue weighted by molar-refractivity contribution is 9.10. The SMILES string of the molecule is CNc1nc(Nc2cccc(Br)c2)c(Cl)cc1Cl. The normalized spacial score (nSPS) is 10.2. The molecular formula is C12H10BrCl2N3. The Kier molecular flexibility index (Phi) is 4.32. The van der Waals surface area contributed by atoms with E-state index in [4.69, 9.17) is 23.2 Å². The minimum absolute atomic E-state index is 0.471. The number of anilines is 3. The molecule has 0 bridgehead atoms. The van der Waals surface area contributed by atoms with Gasteiger partial charge in [0.05, 0.1) is 10.0 Å². The Morgan fingerprint density at radius 2 is 1.83 bits per heavy atom. The molecule has 2 N–H and O–H groups in total. The van der Waals surface area contributed by atoms with Crippen LogP contribution in [0.15, 0.2) is 34.8 Å². The van der Waals surface area contributed by atoms with Gasteiger partial charge in [-0.3, -0.25) is 0 Å². The van der Waals surface area contributed by atoms with Crippen molar-refractivity contribution < 1.29 is 0 Å². The number of benzene rings is 1. The third-order valence-corrected chi connectivity index (χ3v) is 3.32. The molecule has 0 spiro atoms. The summed E-state index contributed by atoms with van der Waals surface area (Å²) in [5.74, 6) is 1.14. The van der Waals surface area contributed by atoms with Crippen LogP contribution in [0.1, 0.15) is 0 Å². The summed E-state index contributed by atoms with van der Waals surface area (Å²) in [4.78, 5) is 4.31. The van der Waals surface area contributed by atoms with E-state index in [1.807, 2.05) is 24.3 Å². The maximum atomic E-state index is 6.10. The summed E-state index contributed by atoms with van der Waals surface area (Å²) in [5.41, 5.74) is 0.892. The molecule has 0 atom stereocenters. The molecule has 6 heteroatoms. The van der Waals surface area contributed by atoms with Crippen LogP contribution in [0, 0.1) is 0 Å². The van der Waals surface area contributed by atoms with Crippen LogP contribution in [-0.2, 0) is 0 Å². The number of pyridine rings is 1. The van der Waals surface area contributed by atoms with Crippen LogP contribution in [0.25, 0.3) is 0 Å². The Morgan fingerprint density at radius 3 is 2.50 bits per heavy atom. The van der Waals surface area contributed by atoms with Crippen LogP contribution < -0.4 is 10.6 Å². The zero-order valence-electron chi connectivity index (χ0n) is 9.47. The molecule has 0 radical (unpaired) electrons. The lowest BCUT2D eigenvalue weighted by atomic mass is 10.3. The summed E-state index contributed by atoms with van der Waals surface area (Å²) in [7, 11) is 1.75. The maximum Gasteiger partial charge on any atom is 0.151 e. The van der Waals surface area contributed by atoms with Crippen LogP contribution >= 0.6 is 39.1 Å². The first-order chi connectivity index (χ1) is 8.60. The molecular weight excluding hydrogens is 337 g/mol. The van der Waals surface area contributed by atoms with Crippen LogP contribution in [0.3, 0.4) is 0 Å². The van der Waals surface area contributed by atoms with Gasteiger partial charge in [0.1, 0.15) is 5.82 Å². The van der Waals surface area contributed by atoms with Crippen molar-refractivity contribution >= 4 is 56.5 Å². The van der Waals surface area contributed by atoms with Crippen molar-refractivity contribution in [1.29, 1.82) is 0 Å². The predicted octanol–water partition coefficient (Wildman–Crippen LogP) is 4.94. The van der Waals surface area contributed by atoms with E-state index in [9.17, 15) is 0 Å². The van der Waals surface area contributed by atoms with Crippen LogP contribution in [0.4, 0.5) is 17.3 Å². The third-order valence-electron chi connectivity index (χ3n) is 2.25. The molecule has 0 unspecified atom stereocenters. The number of aromatic nitrogens is 1. The lowest BCUT2D eigenvalue weighted by Crippen LogP contribution is -1.99. The van der Waals surface area contributed by atoms with Crippen LogP contribution in [0.2, 0.25) is 10.0 Å². The summed E-state index contributed by atoms with van der Waals surface area (Å²) in [5, 5.41) is 7.01. The molecule has 94 valence electrons. The van der Waals surface area contributed by atoms with E-state index in [0.717, 1.165) is 10.2 Å². The molecule has 0 aliphatic carbocycles. The molecule has 18 heavy (non-hydrogen) atoms. The van der Waals surface area contributed by atoms with Gasteiger partial charge in [-0.15, -0.1) is 0 Å². The van der Waals surface area contributed by atoms with Crippen molar-refractivity contribution in [1.82, 2.24) is 4.98 Å². The maximum absolute atomic E-state index is 6.10. The molecule has 1 aromatic carbocycles. The molecule has 0 saturated carbocycles. The second kappa shape index (κ2) is 5.78. The molecule has 3 nitrogen and oxygen atoms in total. The summed E-state index contributed by atoms with van der Waals surface area (Å²) in [6, 6.07) is 9.39. The van der Waals surface area contributed by atoms with Gasteiger partial charge in [-0.05, 0) is 24.3 Å². The lowest BCUT2D eigenvalue weighted by molar-refractivity contribution is 1.27. The van der Waals surface area contributed by atoms with E-state index >= 15 is 0 Å². The van der Waals surface area contributed by atoms with Crippen molar-refractivity contribution in [3.8, 4) is 0 Å². The summed E-state index contributed by atoms with van der Waals surface area (Å²) < 4.78 is 0.978. The fraction of sp³-hybridized carbons (Fsp3) is 0.0833. The van der Waals surface area contributed by atoms with E-state index in [2.05, 4.69) is 31.5 Å². The van der Waals surface area contributed by atoms with Gasteiger partial charge < -0.3 is 10.6 Å². The summed E-state index contributed by atoms with van der Waals surface area (Å²) >= 11 is 15.5. The smallest absolute Gasteiger partial charge is 0.151 e. The van der Waals surface area contributed by atoms with E-state index in [1.54, 1.807) is 13.1 Å². The number of hydrogen-bond donors (Lipinski definition) is 2. The average molecular weight is 347 g/mol. The van der Waals surface area contributed by atoms with Gasteiger partial charge in [0.2, 0.25) is 0 Å². The second-order valence-corrected chi connectivity index (χ2v) is 5.26. The zero-order chi connectivity index (χ0) is 13.1. The van der Waals surface area contributed by atoms with Crippen molar-refractivity contribution in [2.75, 3.05) is 17.7 Å². The van der Waals surface area contributed by atoms with Gasteiger partial charge >= 0.3 is 0 Å². The predicted molar refractivity (Wildman–Crippen MR) is 81.2 cm³/mol. The second-order valence-electron chi connectivity index (χ2n) is 3.53. The topological polar surface area (TPSA) is 37.0 Å². The Morgan fingerprint density at radius 1 is 1.11 bits per heavy atom. The first kappa shape index (κ1) is 13.5.